The van der Waals surface area contributed by atoms with Crippen molar-refractivity contribution in [3.8, 4) is 11.5 Å². The first-order valence-electron chi connectivity index (χ1n) is 15.5. The van der Waals surface area contributed by atoms with E-state index in [1.54, 1.807) is 31.4 Å². The van der Waals surface area contributed by atoms with Crippen molar-refractivity contribution in [2.75, 3.05) is 40.0 Å². The Balaban J connectivity index is 1.36. The summed E-state index contributed by atoms with van der Waals surface area (Å²) in [6, 6.07) is 29.1. The zero-order valence-electron chi connectivity index (χ0n) is 26.6. The number of amides is 2. The van der Waals surface area contributed by atoms with Crippen LogP contribution in [-0.4, -0.2) is 75.5 Å². The van der Waals surface area contributed by atoms with E-state index in [1.165, 1.54) is 33.5 Å². The van der Waals surface area contributed by atoms with Gasteiger partial charge in [0, 0.05) is 37.6 Å². The van der Waals surface area contributed by atoms with Crippen LogP contribution < -0.4 is 14.8 Å². The van der Waals surface area contributed by atoms with Gasteiger partial charge in [0.25, 0.3) is 5.91 Å². The number of methoxy groups -OCH3 is 1. The SMILES string of the molecule is COc1ccc(CN(C(=O)COc2ccc(S(=O)(=O)N3CCOCC3)cc2)[C@H](Cc2ccccc2)C(=O)NCc2ccc(Cl)cc2)cc1. The van der Waals surface area contributed by atoms with E-state index >= 15 is 0 Å². The molecule has 0 aromatic heterocycles. The summed E-state index contributed by atoms with van der Waals surface area (Å²) in [6.07, 6.45) is 0.267. The number of nitrogens with zero attached hydrogens (tertiary/aromatic N) is 2. The van der Waals surface area contributed by atoms with Gasteiger partial charge in [0.15, 0.2) is 6.61 Å². The summed E-state index contributed by atoms with van der Waals surface area (Å²) < 4.78 is 43.9. The van der Waals surface area contributed by atoms with Gasteiger partial charge in [0.05, 0.1) is 25.2 Å². The fourth-order valence-corrected chi connectivity index (χ4v) is 6.80. The fraction of sp³-hybridized carbons (Fsp3) is 0.278. The van der Waals surface area contributed by atoms with Crippen LogP contribution in [0.15, 0.2) is 108 Å². The Bertz CT molecular complexity index is 1750. The number of carbonyl (C=O) groups is 2. The van der Waals surface area contributed by atoms with Gasteiger partial charge in [-0.3, -0.25) is 9.59 Å². The molecule has 4 aromatic rings. The molecule has 1 atom stereocenters. The van der Waals surface area contributed by atoms with Gasteiger partial charge in [-0.1, -0.05) is 66.2 Å². The number of morpholine rings is 1. The Morgan fingerprint density at radius 3 is 2.12 bits per heavy atom. The molecule has 252 valence electrons. The highest BCUT2D eigenvalue weighted by Crippen LogP contribution is 2.22. The molecule has 1 aliphatic rings. The zero-order valence-corrected chi connectivity index (χ0v) is 28.2. The molecule has 12 heteroatoms. The van der Waals surface area contributed by atoms with Gasteiger partial charge in [0.1, 0.15) is 17.5 Å². The Hall–Kier alpha value is -4.42. The lowest BCUT2D eigenvalue weighted by Gasteiger charge is -2.31. The fourth-order valence-electron chi connectivity index (χ4n) is 5.26. The average Bonchev–Trinajstić information content (AvgIpc) is 3.13. The molecular weight excluding hydrogens is 654 g/mol. The summed E-state index contributed by atoms with van der Waals surface area (Å²) in [6.45, 7) is 1.28. The highest BCUT2D eigenvalue weighted by atomic mass is 35.5. The first-order valence-corrected chi connectivity index (χ1v) is 17.3. The van der Waals surface area contributed by atoms with Crippen molar-refractivity contribution in [1.29, 1.82) is 0 Å². The van der Waals surface area contributed by atoms with Crippen LogP contribution in [0, 0.1) is 0 Å². The molecule has 1 aliphatic heterocycles. The Morgan fingerprint density at radius 2 is 1.48 bits per heavy atom. The molecule has 4 aromatic carbocycles. The number of halogens is 1. The van der Waals surface area contributed by atoms with Gasteiger partial charge in [-0.05, 0) is 65.2 Å². The molecule has 0 spiro atoms. The largest absolute Gasteiger partial charge is 0.497 e. The monoisotopic (exact) mass is 691 g/mol. The number of hydrogen-bond acceptors (Lipinski definition) is 7. The quantitative estimate of drug-likeness (QED) is 0.204. The molecule has 0 bridgehead atoms. The number of benzene rings is 4. The third-order valence-corrected chi connectivity index (χ3v) is 10.1. The second-order valence-electron chi connectivity index (χ2n) is 11.2. The lowest BCUT2D eigenvalue weighted by Crippen LogP contribution is -2.51. The van der Waals surface area contributed by atoms with E-state index in [-0.39, 0.29) is 50.0 Å². The van der Waals surface area contributed by atoms with Gasteiger partial charge < -0.3 is 24.4 Å². The summed E-state index contributed by atoms with van der Waals surface area (Å²) in [5, 5.41) is 3.59. The maximum absolute atomic E-state index is 14.0. The molecule has 0 aliphatic carbocycles. The van der Waals surface area contributed by atoms with Crippen molar-refractivity contribution in [1.82, 2.24) is 14.5 Å². The van der Waals surface area contributed by atoms with Crippen molar-refractivity contribution in [2.45, 2.75) is 30.4 Å². The number of hydrogen-bond donors (Lipinski definition) is 1. The van der Waals surface area contributed by atoms with E-state index in [1.807, 2.05) is 54.6 Å². The molecule has 0 saturated carbocycles. The van der Waals surface area contributed by atoms with Crippen LogP contribution in [-0.2, 0) is 43.9 Å². The van der Waals surface area contributed by atoms with Crippen LogP contribution in [0.25, 0.3) is 0 Å². The van der Waals surface area contributed by atoms with Crippen LogP contribution in [0.5, 0.6) is 11.5 Å². The first kappa shape index (κ1) is 34.9. The minimum absolute atomic E-state index is 0.129. The molecule has 5 rings (SSSR count). The molecule has 2 amide bonds. The highest BCUT2D eigenvalue weighted by Gasteiger charge is 2.31. The minimum Gasteiger partial charge on any atom is -0.497 e. The topological polar surface area (TPSA) is 114 Å². The number of sulfonamides is 1. The van der Waals surface area contributed by atoms with Crippen molar-refractivity contribution in [3.63, 3.8) is 0 Å². The minimum atomic E-state index is -3.68. The van der Waals surface area contributed by atoms with E-state index in [0.717, 1.165) is 16.7 Å². The van der Waals surface area contributed by atoms with Crippen LogP contribution in [0.2, 0.25) is 5.02 Å². The summed E-state index contributed by atoms with van der Waals surface area (Å²) in [4.78, 5) is 29.5. The molecule has 10 nitrogen and oxygen atoms in total. The highest BCUT2D eigenvalue weighted by molar-refractivity contribution is 7.89. The van der Waals surface area contributed by atoms with E-state index < -0.39 is 22.0 Å². The summed E-state index contributed by atoms with van der Waals surface area (Å²) >= 11 is 6.04. The second kappa shape index (κ2) is 16.6. The van der Waals surface area contributed by atoms with Crippen molar-refractivity contribution < 1.29 is 32.2 Å². The summed E-state index contributed by atoms with van der Waals surface area (Å²) in [5.74, 6) is 0.243. The van der Waals surface area contributed by atoms with Gasteiger partial charge in [0.2, 0.25) is 15.9 Å². The third-order valence-electron chi connectivity index (χ3n) is 7.96. The molecule has 0 radical (unpaired) electrons. The predicted octanol–water partition coefficient (Wildman–Crippen LogP) is 4.70. The van der Waals surface area contributed by atoms with Crippen LogP contribution >= 0.6 is 11.6 Å². The van der Waals surface area contributed by atoms with Gasteiger partial charge >= 0.3 is 0 Å². The van der Waals surface area contributed by atoms with Gasteiger partial charge in [-0.15, -0.1) is 0 Å². The van der Waals surface area contributed by atoms with Gasteiger partial charge in [-0.25, -0.2) is 8.42 Å². The molecule has 1 saturated heterocycles. The molecule has 0 unspecified atom stereocenters. The van der Waals surface area contributed by atoms with E-state index in [0.29, 0.717) is 29.7 Å². The van der Waals surface area contributed by atoms with Crippen molar-refractivity contribution >= 4 is 33.4 Å². The normalized spacial score (nSPS) is 14.1. The van der Waals surface area contributed by atoms with Crippen LogP contribution in [0.1, 0.15) is 16.7 Å². The molecule has 1 N–H and O–H groups in total. The standard InChI is InChI=1S/C36H38ClN3O7S/c1-45-31-13-9-29(10-14-31)25-40(34(23-27-5-3-2-4-6-27)36(42)38-24-28-7-11-30(37)12-8-28)35(41)26-47-32-15-17-33(18-16-32)48(43,44)39-19-21-46-22-20-39/h2-18,34H,19-26H2,1H3,(H,38,42)/t34-/m1/s1. The lowest BCUT2D eigenvalue weighted by atomic mass is 10.0. The second-order valence-corrected chi connectivity index (χ2v) is 13.6. The van der Waals surface area contributed by atoms with E-state index in [4.69, 9.17) is 25.8 Å². The molecular formula is C36H38ClN3O7S. The smallest absolute Gasteiger partial charge is 0.261 e. The van der Waals surface area contributed by atoms with E-state index in [9.17, 15) is 18.0 Å². The maximum atomic E-state index is 14.0. The summed E-state index contributed by atoms with van der Waals surface area (Å²) in [7, 11) is -2.10. The lowest BCUT2D eigenvalue weighted by molar-refractivity contribution is -0.142. The number of carbonyl (C=O) groups excluding carboxylic acids is 2. The maximum Gasteiger partial charge on any atom is 0.261 e. The average molecular weight is 692 g/mol. The van der Waals surface area contributed by atoms with Crippen molar-refractivity contribution in [2.24, 2.45) is 0 Å². The Kier molecular flexibility index (Phi) is 12.1. The number of nitrogens with one attached hydrogen (secondary N) is 1. The Morgan fingerprint density at radius 1 is 0.854 bits per heavy atom. The number of rotatable bonds is 14. The first-order chi connectivity index (χ1) is 23.2. The third kappa shape index (κ3) is 9.35. The Labute approximate surface area is 286 Å². The zero-order chi connectivity index (χ0) is 33.9. The van der Waals surface area contributed by atoms with Crippen LogP contribution in [0.4, 0.5) is 0 Å². The van der Waals surface area contributed by atoms with E-state index in [2.05, 4.69) is 5.32 Å². The van der Waals surface area contributed by atoms with Crippen molar-refractivity contribution in [3.05, 3.63) is 125 Å². The predicted molar refractivity (Wildman–Crippen MR) is 182 cm³/mol. The molecule has 1 fully saturated rings. The summed E-state index contributed by atoms with van der Waals surface area (Å²) in [5.41, 5.74) is 2.54. The van der Waals surface area contributed by atoms with Gasteiger partial charge in [-0.2, -0.15) is 4.31 Å². The van der Waals surface area contributed by atoms with Crippen LogP contribution in [0.3, 0.4) is 0 Å². The molecule has 48 heavy (non-hydrogen) atoms. The molecule has 1 heterocycles. The number of ether oxygens (including phenoxy) is 3.